The third-order valence-electron chi connectivity index (χ3n) is 6.83. The summed E-state index contributed by atoms with van der Waals surface area (Å²) in [6.07, 6.45) is 11.0. The highest BCUT2D eigenvalue weighted by molar-refractivity contribution is 6.35. The van der Waals surface area contributed by atoms with Crippen LogP contribution in [0.25, 0.3) is 0 Å². The quantitative estimate of drug-likeness (QED) is 0.618. The zero-order chi connectivity index (χ0) is 22.1. The summed E-state index contributed by atoms with van der Waals surface area (Å²) in [7, 11) is 0. The molecule has 0 spiro atoms. The number of hydrogen-bond acceptors (Lipinski definition) is 4. The Balaban J connectivity index is 1.37. The minimum atomic E-state index is -0.118. The monoisotopic (exact) mass is 469 g/mol. The molecule has 6 heteroatoms. The number of allylic oxidation sites excluding steroid dienone is 1. The number of halogens is 2. The minimum Gasteiger partial charge on any atom is -0.484 e. The number of aliphatic imine (C=N–C) groups is 1. The lowest BCUT2D eigenvalue weighted by Crippen LogP contribution is -2.49. The molecule has 0 amide bonds. The van der Waals surface area contributed by atoms with Gasteiger partial charge in [-0.15, -0.1) is 0 Å². The molecule has 1 unspecified atom stereocenters. The normalized spacial score (nSPS) is 27.5. The van der Waals surface area contributed by atoms with Crippen molar-refractivity contribution in [2.45, 2.75) is 50.3 Å². The molecule has 2 heterocycles. The number of benzene rings is 2. The standard InChI is InChI=1S/C26H29Cl2N3O/c27-19-12-23-22(24(28)13-19)14-25(31-10-2-4-20(29)16-31)26(23)32-21-7-5-17(6-8-21)11-18-3-1-9-30-15-18/h1,5-9,12-13,15,18,20,25-26H,2-4,10-11,14,16,29H2/t18?,20-,25+,26+/m1/s1. The van der Waals surface area contributed by atoms with E-state index in [1.165, 1.54) is 5.56 Å². The van der Waals surface area contributed by atoms with E-state index < -0.39 is 0 Å². The molecule has 2 aliphatic heterocycles. The van der Waals surface area contributed by atoms with E-state index in [4.69, 9.17) is 33.7 Å². The van der Waals surface area contributed by atoms with Crippen LogP contribution in [0, 0.1) is 5.92 Å². The van der Waals surface area contributed by atoms with Crippen molar-refractivity contribution in [2.24, 2.45) is 16.6 Å². The maximum atomic E-state index is 6.62. The molecule has 3 aliphatic rings. The van der Waals surface area contributed by atoms with Gasteiger partial charge >= 0.3 is 0 Å². The van der Waals surface area contributed by atoms with E-state index in [0.29, 0.717) is 10.9 Å². The number of fused-ring (bicyclic) bond motifs is 1. The van der Waals surface area contributed by atoms with Gasteiger partial charge in [0.2, 0.25) is 0 Å². The van der Waals surface area contributed by atoms with Gasteiger partial charge in [0.05, 0.1) is 6.04 Å². The summed E-state index contributed by atoms with van der Waals surface area (Å²) in [5.41, 5.74) is 9.84. The maximum absolute atomic E-state index is 6.62. The molecule has 4 nitrogen and oxygen atoms in total. The van der Waals surface area contributed by atoms with Gasteiger partial charge in [0.25, 0.3) is 0 Å². The fourth-order valence-corrected chi connectivity index (χ4v) is 5.82. The zero-order valence-corrected chi connectivity index (χ0v) is 19.6. The Morgan fingerprint density at radius 3 is 2.75 bits per heavy atom. The van der Waals surface area contributed by atoms with Crippen molar-refractivity contribution in [1.29, 1.82) is 0 Å². The van der Waals surface area contributed by atoms with Gasteiger partial charge in [-0.05, 0) is 74.0 Å². The van der Waals surface area contributed by atoms with Gasteiger partial charge in [0, 0.05) is 46.5 Å². The molecule has 1 fully saturated rings. The van der Waals surface area contributed by atoms with Gasteiger partial charge in [0.1, 0.15) is 11.9 Å². The van der Waals surface area contributed by atoms with Gasteiger partial charge in [0.15, 0.2) is 0 Å². The van der Waals surface area contributed by atoms with Crippen LogP contribution in [0.4, 0.5) is 0 Å². The summed E-state index contributed by atoms with van der Waals surface area (Å²) in [6, 6.07) is 12.7. The number of ether oxygens (including phenoxy) is 1. The van der Waals surface area contributed by atoms with Crippen LogP contribution in [0.5, 0.6) is 5.75 Å². The van der Waals surface area contributed by atoms with E-state index in [1.54, 1.807) is 0 Å². The molecule has 2 aromatic rings. The summed E-state index contributed by atoms with van der Waals surface area (Å²) >= 11 is 13.0. The van der Waals surface area contributed by atoms with E-state index in [0.717, 1.165) is 67.1 Å². The van der Waals surface area contributed by atoms with Crippen LogP contribution < -0.4 is 10.5 Å². The lowest BCUT2D eigenvalue weighted by Gasteiger charge is -2.38. The molecular formula is C26H29Cl2N3O. The van der Waals surface area contributed by atoms with Crippen molar-refractivity contribution in [3.05, 3.63) is 75.4 Å². The van der Waals surface area contributed by atoms with E-state index in [2.05, 4.69) is 40.2 Å². The molecule has 0 bridgehead atoms. The van der Waals surface area contributed by atoms with Crippen molar-refractivity contribution < 1.29 is 4.74 Å². The van der Waals surface area contributed by atoms with Crippen LogP contribution in [0.1, 0.15) is 42.1 Å². The second-order valence-electron chi connectivity index (χ2n) is 9.19. The second-order valence-corrected chi connectivity index (χ2v) is 10.0. The van der Waals surface area contributed by atoms with Crippen molar-refractivity contribution in [3.63, 3.8) is 0 Å². The van der Waals surface area contributed by atoms with Crippen LogP contribution in [-0.2, 0) is 12.8 Å². The number of rotatable bonds is 5. The van der Waals surface area contributed by atoms with Crippen LogP contribution in [0.2, 0.25) is 10.0 Å². The number of nitrogens with two attached hydrogens (primary N) is 1. The Morgan fingerprint density at radius 2 is 2.00 bits per heavy atom. The fraction of sp³-hybridized carbons (Fsp3) is 0.423. The van der Waals surface area contributed by atoms with Crippen LogP contribution in [0.3, 0.4) is 0 Å². The largest absolute Gasteiger partial charge is 0.484 e. The molecule has 1 aliphatic carbocycles. The first-order chi connectivity index (χ1) is 15.6. The first kappa shape index (κ1) is 22.0. The van der Waals surface area contributed by atoms with E-state index >= 15 is 0 Å². The second kappa shape index (κ2) is 9.56. The SMILES string of the molecule is N[C@@H]1CCCN([C@H]2Cc3c(Cl)cc(Cl)cc3[C@@H]2Oc2ccc(CC3C=NC=CC3)cc2)C1. The number of likely N-dealkylation sites (tertiary alicyclic amines) is 1. The Kier molecular flexibility index (Phi) is 6.56. The molecule has 0 aromatic heterocycles. The molecule has 0 radical (unpaired) electrons. The highest BCUT2D eigenvalue weighted by Gasteiger charge is 2.40. The summed E-state index contributed by atoms with van der Waals surface area (Å²) < 4.78 is 6.62. The van der Waals surface area contributed by atoms with Gasteiger partial charge in [-0.1, -0.05) is 41.4 Å². The average molecular weight is 470 g/mol. The van der Waals surface area contributed by atoms with Gasteiger partial charge in [-0.3, -0.25) is 9.89 Å². The minimum absolute atomic E-state index is 0.118. The molecule has 168 valence electrons. The summed E-state index contributed by atoms with van der Waals surface area (Å²) in [5.74, 6) is 1.33. The smallest absolute Gasteiger partial charge is 0.140 e. The van der Waals surface area contributed by atoms with Crippen molar-refractivity contribution in [1.82, 2.24) is 4.90 Å². The molecule has 2 N–H and O–H groups in total. The third kappa shape index (κ3) is 4.74. The Bertz CT molecular complexity index is 1020. The highest BCUT2D eigenvalue weighted by atomic mass is 35.5. The summed E-state index contributed by atoms with van der Waals surface area (Å²) in [6.45, 7) is 1.92. The number of nitrogens with zero attached hydrogens (tertiary/aromatic N) is 2. The van der Waals surface area contributed by atoms with Crippen LogP contribution >= 0.6 is 23.2 Å². The summed E-state index contributed by atoms with van der Waals surface area (Å²) in [4.78, 5) is 6.75. The van der Waals surface area contributed by atoms with Gasteiger partial charge in [-0.2, -0.15) is 0 Å². The van der Waals surface area contributed by atoms with Gasteiger partial charge < -0.3 is 10.5 Å². The molecule has 5 rings (SSSR count). The van der Waals surface area contributed by atoms with E-state index in [-0.39, 0.29) is 18.2 Å². The first-order valence-corrected chi connectivity index (χ1v) is 12.2. The van der Waals surface area contributed by atoms with Crippen LogP contribution in [0.15, 0.2) is 53.7 Å². The number of piperidine rings is 1. The van der Waals surface area contributed by atoms with E-state index in [9.17, 15) is 0 Å². The predicted octanol–water partition coefficient (Wildman–Crippen LogP) is 5.61. The molecule has 4 atom stereocenters. The molecule has 1 saturated heterocycles. The average Bonchev–Trinajstić information content (AvgIpc) is 3.14. The topological polar surface area (TPSA) is 50.8 Å². The zero-order valence-electron chi connectivity index (χ0n) is 18.1. The molecule has 0 saturated carbocycles. The molecule has 2 aromatic carbocycles. The van der Waals surface area contributed by atoms with Gasteiger partial charge in [-0.25, -0.2) is 0 Å². The van der Waals surface area contributed by atoms with E-state index in [1.807, 2.05) is 24.5 Å². The summed E-state index contributed by atoms with van der Waals surface area (Å²) in [5, 5.41) is 1.38. The Morgan fingerprint density at radius 1 is 1.16 bits per heavy atom. The molecular weight excluding hydrogens is 441 g/mol. The lowest BCUT2D eigenvalue weighted by atomic mass is 9.96. The van der Waals surface area contributed by atoms with Crippen molar-refractivity contribution in [3.8, 4) is 5.75 Å². The predicted molar refractivity (Wildman–Crippen MR) is 132 cm³/mol. The van der Waals surface area contributed by atoms with Crippen LogP contribution in [-0.4, -0.2) is 36.3 Å². The van der Waals surface area contributed by atoms with Crippen molar-refractivity contribution in [2.75, 3.05) is 13.1 Å². The highest BCUT2D eigenvalue weighted by Crippen LogP contribution is 2.43. The molecule has 32 heavy (non-hydrogen) atoms. The fourth-order valence-electron chi connectivity index (χ4n) is 5.24. The Labute approximate surface area is 200 Å². The lowest BCUT2D eigenvalue weighted by molar-refractivity contribution is 0.0593. The third-order valence-corrected chi connectivity index (χ3v) is 7.39. The maximum Gasteiger partial charge on any atom is 0.140 e. The number of hydrogen-bond donors (Lipinski definition) is 1. The Hall–Kier alpha value is -1.85. The van der Waals surface area contributed by atoms with Crippen molar-refractivity contribution >= 4 is 29.4 Å². The first-order valence-electron chi connectivity index (χ1n) is 11.5.